The van der Waals surface area contributed by atoms with Gasteiger partial charge in [0.15, 0.2) is 5.13 Å². The maximum atomic E-state index is 11.4. The second-order valence-corrected chi connectivity index (χ2v) is 8.31. The van der Waals surface area contributed by atoms with E-state index in [2.05, 4.69) is 55.0 Å². The van der Waals surface area contributed by atoms with Gasteiger partial charge in [0.1, 0.15) is 0 Å². The molecule has 0 amide bonds. The summed E-state index contributed by atoms with van der Waals surface area (Å²) in [6.45, 7) is 6.36. The number of aryl methyl sites for hydroxylation is 1. The van der Waals surface area contributed by atoms with Crippen LogP contribution in [0.5, 0.6) is 0 Å². The van der Waals surface area contributed by atoms with Crippen LogP contribution in [0.15, 0.2) is 35.7 Å². The van der Waals surface area contributed by atoms with E-state index in [9.17, 15) is 4.79 Å². The lowest BCUT2D eigenvalue weighted by Crippen LogP contribution is -1.97. The van der Waals surface area contributed by atoms with Crippen molar-refractivity contribution >= 4 is 51.2 Å². The van der Waals surface area contributed by atoms with Gasteiger partial charge in [-0.25, -0.2) is 4.98 Å². The highest BCUT2D eigenvalue weighted by molar-refractivity contribution is 7.97. The minimum atomic E-state index is -0.200. The van der Waals surface area contributed by atoms with Gasteiger partial charge in [0, 0.05) is 21.5 Å². The van der Waals surface area contributed by atoms with Crippen LogP contribution in [0.25, 0.3) is 11.3 Å². The van der Waals surface area contributed by atoms with Crippen LogP contribution < -0.4 is 5.32 Å². The number of rotatable bonds is 5. The van der Waals surface area contributed by atoms with E-state index in [1.807, 2.05) is 24.4 Å². The Balaban J connectivity index is 1.88. The second-order valence-electron chi connectivity index (χ2n) is 5.79. The molecule has 0 unspecified atom stereocenters. The molecule has 1 aromatic carbocycles. The Morgan fingerprint density at radius 3 is 2.71 bits per heavy atom. The number of benzene rings is 1. The zero-order valence-electron chi connectivity index (χ0n) is 13.7. The maximum absolute atomic E-state index is 11.4. The van der Waals surface area contributed by atoms with Gasteiger partial charge in [0.05, 0.1) is 10.6 Å². The minimum absolute atomic E-state index is 0.200. The number of aromatic nitrogens is 1. The largest absolute Gasteiger partial charge is 0.331 e. The average Bonchev–Trinajstić information content (AvgIpc) is 3.14. The zero-order valence-corrected chi connectivity index (χ0v) is 16.2. The molecule has 0 aliphatic heterocycles. The number of anilines is 2. The van der Waals surface area contributed by atoms with Crippen LogP contribution in [0.2, 0.25) is 0 Å². The van der Waals surface area contributed by atoms with E-state index >= 15 is 0 Å². The summed E-state index contributed by atoms with van der Waals surface area (Å²) in [5.74, 6) is 0.441. The Labute approximate surface area is 155 Å². The van der Waals surface area contributed by atoms with Crippen LogP contribution in [0.4, 0.5) is 10.8 Å². The molecule has 24 heavy (non-hydrogen) atoms. The molecular weight excluding hydrogens is 356 g/mol. The number of para-hydroxylation sites is 1. The lowest BCUT2D eigenvalue weighted by molar-refractivity contribution is 0.109. The van der Waals surface area contributed by atoms with Crippen LogP contribution in [0, 0.1) is 6.92 Å². The molecule has 0 atom stereocenters. The van der Waals surface area contributed by atoms with Gasteiger partial charge in [-0.15, -0.1) is 22.7 Å². The molecule has 1 N–H and O–H groups in total. The smallest absolute Gasteiger partial charge is 0.226 e. The fraction of sp³-hybridized carbons (Fsp3) is 0.222. The molecule has 0 spiro atoms. The highest BCUT2D eigenvalue weighted by Crippen LogP contribution is 2.35. The molecule has 0 aliphatic carbocycles. The lowest BCUT2D eigenvalue weighted by atomic mass is 10.0. The van der Waals surface area contributed by atoms with Gasteiger partial charge in [0.25, 0.3) is 0 Å². The Morgan fingerprint density at radius 1 is 1.29 bits per heavy atom. The summed E-state index contributed by atoms with van der Waals surface area (Å²) in [5, 5.41) is 6.09. The van der Waals surface area contributed by atoms with E-state index in [1.54, 1.807) is 11.3 Å². The first-order chi connectivity index (χ1) is 11.5. The molecule has 0 saturated heterocycles. The van der Waals surface area contributed by atoms with Crippen LogP contribution in [0.1, 0.15) is 39.9 Å². The van der Waals surface area contributed by atoms with E-state index in [1.165, 1.54) is 16.9 Å². The summed E-state index contributed by atoms with van der Waals surface area (Å²) in [4.78, 5) is 17.8. The number of hydrogen-bond acceptors (Lipinski definition) is 5. The van der Waals surface area contributed by atoms with Crippen LogP contribution in [-0.4, -0.2) is 10.1 Å². The number of hydrogen-bond donors (Lipinski definition) is 2. The van der Waals surface area contributed by atoms with E-state index in [4.69, 9.17) is 0 Å². The highest BCUT2D eigenvalue weighted by atomic mass is 32.1. The molecule has 2 aromatic heterocycles. The maximum Gasteiger partial charge on any atom is 0.226 e. The van der Waals surface area contributed by atoms with Crippen LogP contribution >= 0.6 is 35.3 Å². The standard InChI is InChI=1S/C18H18N2OS3/c1-10(2)12-6-4-5-7-14(12)19-18-20-15(9-23-18)13-8-16(17(21)22)24-11(13)3/h4-10H,1-3H3,(H,19,20)(H,21,22). The molecule has 0 radical (unpaired) electrons. The van der Waals surface area contributed by atoms with Crippen molar-refractivity contribution in [3.63, 3.8) is 0 Å². The van der Waals surface area contributed by atoms with E-state index in [0.29, 0.717) is 10.8 Å². The first-order valence-corrected chi connectivity index (χ1v) is 9.75. The minimum Gasteiger partial charge on any atom is -0.331 e. The number of nitrogens with one attached hydrogen (secondary N) is 1. The van der Waals surface area contributed by atoms with E-state index in [-0.39, 0.29) is 5.12 Å². The molecule has 124 valence electrons. The molecule has 0 saturated carbocycles. The van der Waals surface area contributed by atoms with Gasteiger partial charge in [0.2, 0.25) is 5.12 Å². The number of carbonyl (C=O) groups is 1. The number of thiazole rings is 1. The summed E-state index contributed by atoms with van der Waals surface area (Å²) < 4.78 is 0. The van der Waals surface area contributed by atoms with Gasteiger partial charge in [-0.1, -0.05) is 44.7 Å². The summed E-state index contributed by atoms with van der Waals surface area (Å²) >= 11 is 6.92. The molecule has 2 heterocycles. The molecule has 6 heteroatoms. The van der Waals surface area contributed by atoms with Gasteiger partial charge in [-0.3, -0.25) is 4.79 Å². The molecule has 3 nitrogen and oxygen atoms in total. The summed E-state index contributed by atoms with van der Waals surface area (Å²) in [6, 6.07) is 10.2. The van der Waals surface area contributed by atoms with Crippen LogP contribution in [-0.2, 0) is 0 Å². The van der Waals surface area contributed by atoms with Gasteiger partial charge in [-0.05, 0) is 30.5 Å². The predicted molar refractivity (Wildman–Crippen MR) is 107 cm³/mol. The predicted octanol–water partition coefficient (Wildman–Crippen LogP) is 6.12. The molecule has 0 aliphatic rings. The lowest BCUT2D eigenvalue weighted by Gasteiger charge is -2.12. The normalized spacial score (nSPS) is 11.0. The van der Waals surface area contributed by atoms with Gasteiger partial charge >= 0.3 is 0 Å². The third-order valence-corrected chi connectivity index (χ3v) is 5.93. The summed E-state index contributed by atoms with van der Waals surface area (Å²) in [6.07, 6.45) is 0. The topological polar surface area (TPSA) is 42.0 Å². The zero-order chi connectivity index (χ0) is 17.3. The number of carbonyl (C=O) groups excluding carboxylic acids is 1. The Hall–Kier alpha value is -1.63. The van der Waals surface area contributed by atoms with E-state index < -0.39 is 0 Å². The molecule has 0 bridgehead atoms. The van der Waals surface area contributed by atoms with E-state index in [0.717, 1.165) is 27.0 Å². The fourth-order valence-corrected chi connectivity index (χ4v) is 4.32. The number of thiophene rings is 1. The fourth-order valence-electron chi connectivity index (χ4n) is 2.53. The van der Waals surface area contributed by atoms with Crippen molar-refractivity contribution in [3.8, 4) is 11.3 Å². The Bertz CT molecular complexity index is 880. The monoisotopic (exact) mass is 374 g/mol. The second kappa shape index (κ2) is 7.09. The van der Waals surface area contributed by atoms with Gasteiger partial charge < -0.3 is 5.32 Å². The number of thiol groups is 1. The summed E-state index contributed by atoms with van der Waals surface area (Å²) in [7, 11) is 0. The molecule has 3 aromatic rings. The van der Waals surface area contributed by atoms with Crippen molar-refractivity contribution in [2.75, 3.05) is 5.32 Å². The first kappa shape index (κ1) is 17.2. The van der Waals surface area contributed by atoms with Crippen molar-refractivity contribution < 1.29 is 4.79 Å². The quantitative estimate of drug-likeness (QED) is 0.529. The highest BCUT2D eigenvalue weighted by Gasteiger charge is 2.14. The molecule has 0 fully saturated rings. The SMILES string of the molecule is Cc1sc(C(=O)S)cc1-c1csc(Nc2ccccc2C(C)C)n1. The summed E-state index contributed by atoms with van der Waals surface area (Å²) in [5.41, 5.74) is 4.24. The van der Waals surface area contributed by atoms with Crippen molar-refractivity contribution in [1.82, 2.24) is 4.98 Å². The van der Waals surface area contributed by atoms with Gasteiger partial charge in [-0.2, -0.15) is 0 Å². The van der Waals surface area contributed by atoms with Crippen molar-refractivity contribution in [2.45, 2.75) is 26.7 Å². The first-order valence-electron chi connectivity index (χ1n) is 7.61. The third kappa shape index (κ3) is 3.55. The average molecular weight is 375 g/mol. The number of nitrogens with zero attached hydrogens (tertiary/aromatic N) is 1. The van der Waals surface area contributed by atoms with Crippen molar-refractivity contribution in [2.24, 2.45) is 0 Å². The van der Waals surface area contributed by atoms with Crippen LogP contribution in [0.3, 0.4) is 0 Å². The Morgan fingerprint density at radius 2 is 2.04 bits per heavy atom. The van der Waals surface area contributed by atoms with Crippen molar-refractivity contribution in [3.05, 3.63) is 51.0 Å². The molecular formula is C18H18N2OS3. The molecule has 3 rings (SSSR count). The van der Waals surface area contributed by atoms with Crippen molar-refractivity contribution in [1.29, 1.82) is 0 Å². The Kier molecular flexibility index (Phi) is 5.08. The third-order valence-electron chi connectivity index (χ3n) is 3.73.